The predicted octanol–water partition coefficient (Wildman–Crippen LogP) is 0.496. The summed E-state index contributed by atoms with van der Waals surface area (Å²) in [5, 5.41) is 0. The number of rotatable bonds is 1. The molecule has 4 heteroatoms. The molecular weight excluding hydrogens is 172 g/mol. The van der Waals surface area contributed by atoms with Crippen LogP contribution >= 0.6 is 0 Å². The molecule has 0 aliphatic carbocycles. The van der Waals surface area contributed by atoms with Gasteiger partial charge in [-0.25, -0.2) is 4.79 Å². The summed E-state index contributed by atoms with van der Waals surface area (Å²) in [5.41, 5.74) is -1.17. The number of hydrogen-bond acceptors (Lipinski definition) is 4. The van der Waals surface area contributed by atoms with Crippen LogP contribution in [0, 0.1) is 0 Å². The maximum absolute atomic E-state index is 11.4. The summed E-state index contributed by atoms with van der Waals surface area (Å²) in [5.74, 6) is -0.301. The standard InChI is InChI=1S/C9H14O4/c1-6-4-9(5-12-6)8(2,13-9)7(10)11-3/h6H,4-5H2,1-3H3. The molecule has 4 nitrogen and oxygen atoms in total. The normalized spacial score (nSPS) is 48.1. The Labute approximate surface area is 77.1 Å². The van der Waals surface area contributed by atoms with Gasteiger partial charge in [-0.15, -0.1) is 0 Å². The monoisotopic (exact) mass is 186 g/mol. The molecule has 0 amide bonds. The quantitative estimate of drug-likeness (QED) is 0.442. The maximum atomic E-state index is 11.4. The van der Waals surface area contributed by atoms with Crippen LogP contribution in [0.15, 0.2) is 0 Å². The van der Waals surface area contributed by atoms with Crippen LogP contribution in [0.25, 0.3) is 0 Å². The van der Waals surface area contributed by atoms with Crippen LogP contribution < -0.4 is 0 Å². The molecule has 74 valence electrons. The van der Waals surface area contributed by atoms with Crippen molar-refractivity contribution >= 4 is 5.97 Å². The van der Waals surface area contributed by atoms with Gasteiger partial charge in [-0.2, -0.15) is 0 Å². The SMILES string of the molecule is COC(=O)C1(C)OC12COC(C)C2. The van der Waals surface area contributed by atoms with Crippen LogP contribution in [0.3, 0.4) is 0 Å². The first kappa shape index (κ1) is 8.97. The van der Waals surface area contributed by atoms with Crippen molar-refractivity contribution in [1.29, 1.82) is 0 Å². The zero-order chi connectivity index (χ0) is 9.69. The van der Waals surface area contributed by atoms with E-state index in [9.17, 15) is 4.79 Å². The number of esters is 1. The molecular formula is C9H14O4. The molecule has 2 aliphatic heterocycles. The van der Waals surface area contributed by atoms with E-state index in [1.54, 1.807) is 6.92 Å². The number of epoxide rings is 1. The first-order chi connectivity index (χ1) is 6.04. The minimum absolute atomic E-state index is 0.173. The van der Waals surface area contributed by atoms with Gasteiger partial charge in [0.1, 0.15) is 5.60 Å². The van der Waals surface area contributed by atoms with Crippen LogP contribution in [0.5, 0.6) is 0 Å². The van der Waals surface area contributed by atoms with Gasteiger partial charge >= 0.3 is 5.97 Å². The van der Waals surface area contributed by atoms with Crippen molar-refractivity contribution in [2.24, 2.45) is 0 Å². The van der Waals surface area contributed by atoms with Gasteiger partial charge in [-0.05, 0) is 13.8 Å². The molecule has 2 rings (SSSR count). The molecule has 0 aromatic rings. The lowest BCUT2D eigenvalue weighted by molar-refractivity contribution is -0.146. The third kappa shape index (κ3) is 1.02. The number of ether oxygens (including phenoxy) is 3. The average molecular weight is 186 g/mol. The molecule has 0 saturated carbocycles. The van der Waals surface area contributed by atoms with Crippen molar-refractivity contribution < 1.29 is 19.0 Å². The molecule has 2 aliphatic rings. The van der Waals surface area contributed by atoms with Crippen LogP contribution in [0.1, 0.15) is 20.3 Å². The van der Waals surface area contributed by atoms with E-state index in [1.165, 1.54) is 7.11 Å². The van der Waals surface area contributed by atoms with E-state index < -0.39 is 11.2 Å². The van der Waals surface area contributed by atoms with Gasteiger partial charge in [0.05, 0.1) is 19.8 Å². The fourth-order valence-corrected chi connectivity index (χ4v) is 2.05. The summed E-state index contributed by atoms with van der Waals surface area (Å²) < 4.78 is 15.5. The molecule has 2 saturated heterocycles. The van der Waals surface area contributed by atoms with Crippen molar-refractivity contribution in [3.05, 3.63) is 0 Å². The second-order valence-corrected chi connectivity index (χ2v) is 3.95. The van der Waals surface area contributed by atoms with Crippen LogP contribution in [-0.4, -0.2) is 37.0 Å². The van der Waals surface area contributed by atoms with E-state index in [-0.39, 0.29) is 12.1 Å². The fraction of sp³-hybridized carbons (Fsp3) is 0.889. The second kappa shape index (κ2) is 2.45. The number of hydrogen-bond donors (Lipinski definition) is 0. The van der Waals surface area contributed by atoms with Crippen LogP contribution in [0.2, 0.25) is 0 Å². The molecule has 0 N–H and O–H groups in total. The van der Waals surface area contributed by atoms with Crippen molar-refractivity contribution in [3.63, 3.8) is 0 Å². The van der Waals surface area contributed by atoms with E-state index >= 15 is 0 Å². The van der Waals surface area contributed by atoms with Crippen molar-refractivity contribution in [2.45, 2.75) is 37.6 Å². The minimum atomic E-state index is -0.771. The highest BCUT2D eigenvalue weighted by Crippen LogP contribution is 2.54. The van der Waals surface area contributed by atoms with Gasteiger partial charge in [-0.1, -0.05) is 0 Å². The Morgan fingerprint density at radius 3 is 2.77 bits per heavy atom. The van der Waals surface area contributed by atoms with E-state index in [1.807, 2.05) is 6.92 Å². The Morgan fingerprint density at radius 2 is 2.31 bits per heavy atom. The highest BCUT2D eigenvalue weighted by atomic mass is 16.7. The van der Waals surface area contributed by atoms with Gasteiger partial charge in [0.2, 0.25) is 0 Å². The molecule has 3 unspecified atom stereocenters. The average Bonchev–Trinajstić information content (AvgIpc) is 2.47. The molecule has 3 atom stereocenters. The number of carbonyl (C=O) groups is 1. The fourth-order valence-electron chi connectivity index (χ4n) is 2.05. The largest absolute Gasteiger partial charge is 0.467 e. The summed E-state index contributed by atoms with van der Waals surface area (Å²) in [6.45, 7) is 4.24. The molecule has 2 fully saturated rings. The highest BCUT2D eigenvalue weighted by molar-refractivity contribution is 5.84. The number of carbonyl (C=O) groups excluding carboxylic acids is 1. The van der Waals surface area contributed by atoms with Gasteiger partial charge in [-0.3, -0.25) is 0 Å². The predicted molar refractivity (Wildman–Crippen MR) is 44.3 cm³/mol. The Morgan fingerprint density at radius 1 is 1.62 bits per heavy atom. The topological polar surface area (TPSA) is 48.1 Å². The van der Waals surface area contributed by atoms with Crippen molar-refractivity contribution in [3.8, 4) is 0 Å². The van der Waals surface area contributed by atoms with E-state index in [0.717, 1.165) is 6.42 Å². The molecule has 0 aromatic heterocycles. The smallest absolute Gasteiger partial charge is 0.341 e. The van der Waals surface area contributed by atoms with Crippen LogP contribution in [-0.2, 0) is 19.0 Å². The molecule has 13 heavy (non-hydrogen) atoms. The van der Waals surface area contributed by atoms with E-state index in [4.69, 9.17) is 9.47 Å². The Bertz CT molecular complexity index is 252. The summed E-state index contributed by atoms with van der Waals surface area (Å²) >= 11 is 0. The molecule has 0 bridgehead atoms. The second-order valence-electron chi connectivity index (χ2n) is 3.95. The first-order valence-electron chi connectivity index (χ1n) is 4.44. The van der Waals surface area contributed by atoms with Crippen molar-refractivity contribution in [1.82, 2.24) is 0 Å². The lowest BCUT2D eigenvalue weighted by atomic mass is 9.92. The van der Waals surface area contributed by atoms with Gasteiger partial charge in [0.15, 0.2) is 5.60 Å². The third-order valence-electron chi connectivity index (χ3n) is 3.02. The summed E-state index contributed by atoms with van der Waals surface area (Å²) in [4.78, 5) is 11.4. The zero-order valence-corrected chi connectivity index (χ0v) is 8.12. The Kier molecular flexibility index (Phi) is 1.69. The van der Waals surface area contributed by atoms with E-state index in [0.29, 0.717) is 6.61 Å². The van der Waals surface area contributed by atoms with E-state index in [2.05, 4.69) is 4.74 Å². The molecule has 0 radical (unpaired) electrons. The third-order valence-corrected chi connectivity index (χ3v) is 3.02. The van der Waals surface area contributed by atoms with Gasteiger partial charge in [0.25, 0.3) is 0 Å². The lowest BCUT2D eigenvalue weighted by Gasteiger charge is -2.06. The summed E-state index contributed by atoms with van der Waals surface area (Å²) in [6.07, 6.45) is 0.949. The van der Waals surface area contributed by atoms with Crippen molar-refractivity contribution in [2.75, 3.05) is 13.7 Å². The maximum Gasteiger partial charge on any atom is 0.341 e. The van der Waals surface area contributed by atoms with Gasteiger partial charge < -0.3 is 14.2 Å². The number of methoxy groups -OCH3 is 1. The molecule has 2 heterocycles. The van der Waals surface area contributed by atoms with Crippen LogP contribution in [0.4, 0.5) is 0 Å². The summed E-state index contributed by atoms with van der Waals surface area (Å²) in [6, 6.07) is 0. The van der Waals surface area contributed by atoms with Gasteiger partial charge in [0, 0.05) is 6.42 Å². The zero-order valence-electron chi connectivity index (χ0n) is 8.12. The Hall–Kier alpha value is -0.610. The molecule has 1 spiro atoms. The molecule has 0 aromatic carbocycles. The lowest BCUT2D eigenvalue weighted by Crippen LogP contribution is -2.32. The summed E-state index contributed by atoms with van der Waals surface area (Å²) in [7, 11) is 1.38. The Balaban J connectivity index is 2.11. The highest BCUT2D eigenvalue weighted by Gasteiger charge is 2.74. The first-order valence-corrected chi connectivity index (χ1v) is 4.44. The minimum Gasteiger partial charge on any atom is -0.467 e.